The topological polar surface area (TPSA) is 89.6 Å². The molecular formula is C23H19ClN4O2. The summed E-state index contributed by atoms with van der Waals surface area (Å²) in [7, 11) is 1.62. The number of allylic oxidation sites excluding steroid dienone is 1. The summed E-state index contributed by atoms with van der Waals surface area (Å²) in [5, 5.41) is 3.71. The lowest BCUT2D eigenvalue weighted by molar-refractivity contribution is 0.100. The number of nitrogens with zero attached hydrogens (tertiary/aromatic N) is 2. The first-order valence-electron chi connectivity index (χ1n) is 9.28. The Hall–Kier alpha value is -3.64. The zero-order chi connectivity index (χ0) is 21.1. The van der Waals surface area contributed by atoms with Gasteiger partial charge in [0.2, 0.25) is 0 Å². The average molecular weight is 419 g/mol. The average Bonchev–Trinajstić information content (AvgIpc) is 2.94. The number of fused-ring (bicyclic) bond motifs is 1. The SMILES string of the molecule is COc1ccc2c(c1)C(Nc1ccc(Cl)cc1C(N)=O)=NC(c1cccnc1)=CC2. The number of rotatable bonds is 4. The van der Waals surface area contributed by atoms with Gasteiger partial charge in [-0.1, -0.05) is 23.7 Å². The van der Waals surface area contributed by atoms with Crippen molar-refractivity contribution in [2.75, 3.05) is 12.4 Å². The van der Waals surface area contributed by atoms with E-state index >= 15 is 0 Å². The maximum absolute atomic E-state index is 12.0. The van der Waals surface area contributed by atoms with Crippen molar-refractivity contribution in [3.8, 4) is 5.75 Å². The minimum Gasteiger partial charge on any atom is -0.497 e. The molecule has 0 saturated carbocycles. The van der Waals surface area contributed by atoms with Crippen molar-refractivity contribution in [2.45, 2.75) is 6.42 Å². The lowest BCUT2D eigenvalue weighted by atomic mass is 10.0. The second-order valence-electron chi connectivity index (χ2n) is 6.70. The van der Waals surface area contributed by atoms with E-state index in [0.717, 1.165) is 22.4 Å². The minimum absolute atomic E-state index is 0.283. The molecule has 1 aliphatic heterocycles. The van der Waals surface area contributed by atoms with E-state index in [2.05, 4.69) is 10.3 Å². The number of amidine groups is 1. The van der Waals surface area contributed by atoms with Crippen LogP contribution in [0.2, 0.25) is 5.02 Å². The van der Waals surface area contributed by atoms with Gasteiger partial charge in [0.15, 0.2) is 0 Å². The van der Waals surface area contributed by atoms with E-state index in [1.165, 1.54) is 6.07 Å². The number of hydrogen-bond donors (Lipinski definition) is 2. The highest BCUT2D eigenvalue weighted by Crippen LogP contribution is 2.28. The molecule has 7 heteroatoms. The summed E-state index contributed by atoms with van der Waals surface area (Å²) in [6.45, 7) is 0. The Morgan fingerprint density at radius 1 is 1.20 bits per heavy atom. The molecule has 30 heavy (non-hydrogen) atoms. The Morgan fingerprint density at radius 3 is 2.80 bits per heavy atom. The third-order valence-electron chi connectivity index (χ3n) is 4.78. The van der Waals surface area contributed by atoms with Crippen molar-refractivity contribution in [1.82, 2.24) is 4.98 Å². The number of carbonyl (C=O) groups is 1. The predicted molar refractivity (Wildman–Crippen MR) is 119 cm³/mol. The number of primary amides is 1. The number of anilines is 1. The number of pyridine rings is 1. The van der Waals surface area contributed by atoms with Crippen LogP contribution in [0.1, 0.15) is 27.0 Å². The number of aliphatic imine (C=N–C) groups is 1. The van der Waals surface area contributed by atoms with Gasteiger partial charge < -0.3 is 15.8 Å². The quantitative estimate of drug-likeness (QED) is 0.661. The van der Waals surface area contributed by atoms with Gasteiger partial charge in [0.1, 0.15) is 11.6 Å². The molecule has 150 valence electrons. The Bertz CT molecular complexity index is 1170. The molecule has 4 rings (SSSR count). The van der Waals surface area contributed by atoms with Gasteiger partial charge in [0.05, 0.1) is 24.1 Å². The van der Waals surface area contributed by atoms with Crippen LogP contribution in [0.5, 0.6) is 5.75 Å². The van der Waals surface area contributed by atoms with E-state index in [4.69, 9.17) is 27.1 Å². The Morgan fingerprint density at radius 2 is 2.07 bits per heavy atom. The van der Waals surface area contributed by atoms with Crippen molar-refractivity contribution < 1.29 is 9.53 Å². The van der Waals surface area contributed by atoms with Gasteiger partial charge in [-0.3, -0.25) is 9.78 Å². The van der Waals surface area contributed by atoms with Gasteiger partial charge in [-0.05, 0) is 54.4 Å². The molecule has 0 saturated heterocycles. The molecule has 1 aliphatic rings. The molecule has 3 aromatic rings. The highest BCUT2D eigenvalue weighted by atomic mass is 35.5. The fourth-order valence-corrected chi connectivity index (χ4v) is 3.43. The van der Waals surface area contributed by atoms with Gasteiger partial charge in [-0.15, -0.1) is 0 Å². The van der Waals surface area contributed by atoms with E-state index in [0.29, 0.717) is 28.7 Å². The summed E-state index contributed by atoms with van der Waals surface area (Å²) in [4.78, 5) is 21.0. The summed E-state index contributed by atoms with van der Waals surface area (Å²) in [6.07, 6.45) is 6.21. The molecule has 0 aliphatic carbocycles. The van der Waals surface area contributed by atoms with Crippen molar-refractivity contribution >= 4 is 34.7 Å². The normalized spacial score (nSPS) is 12.9. The zero-order valence-corrected chi connectivity index (χ0v) is 17.0. The number of ether oxygens (including phenoxy) is 1. The molecule has 1 aromatic heterocycles. The minimum atomic E-state index is -0.580. The van der Waals surface area contributed by atoms with Crippen molar-refractivity contribution in [3.63, 3.8) is 0 Å². The highest BCUT2D eigenvalue weighted by Gasteiger charge is 2.18. The molecule has 0 fully saturated rings. The summed E-state index contributed by atoms with van der Waals surface area (Å²) >= 11 is 6.06. The summed E-state index contributed by atoms with van der Waals surface area (Å²) in [6, 6.07) is 14.6. The maximum atomic E-state index is 12.0. The van der Waals surface area contributed by atoms with E-state index in [1.54, 1.807) is 31.6 Å². The third-order valence-corrected chi connectivity index (χ3v) is 5.01. The van der Waals surface area contributed by atoms with Crippen LogP contribution in [0, 0.1) is 0 Å². The molecule has 3 N–H and O–H groups in total. The molecule has 1 amide bonds. The number of methoxy groups -OCH3 is 1. The van der Waals surface area contributed by atoms with Gasteiger partial charge in [0, 0.05) is 28.5 Å². The van der Waals surface area contributed by atoms with E-state index < -0.39 is 5.91 Å². The molecule has 0 bridgehead atoms. The number of benzene rings is 2. The van der Waals surface area contributed by atoms with Crippen LogP contribution in [-0.4, -0.2) is 23.8 Å². The second kappa shape index (κ2) is 8.39. The number of halogens is 1. The van der Waals surface area contributed by atoms with Crippen LogP contribution >= 0.6 is 11.6 Å². The van der Waals surface area contributed by atoms with Crippen LogP contribution in [0.15, 0.2) is 72.0 Å². The predicted octanol–water partition coefficient (Wildman–Crippen LogP) is 4.30. The van der Waals surface area contributed by atoms with E-state index in [1.807, 2.05) is 36.4 Å². The second-order valence-corrected chi connectivity index (χ2v) is 7.13. The molecule has 6 nitrogen and oxygen atoms in total. The molecule has 0 atom stereocenters. The van der Waals surface area contributed by atoms with Crippen LogP contribution < -0.4 is 15.8 Å². The first-order valence-corrected chi connectivity index (χ1v) is 9.66. The van der Waals surface area contributed by atoms with Crippen molar-refractivity contribution in [2.24, 2.45) is 10.7 Å². The zero-order valence-electron chi connectivity index (χ0n) is 16.2. The third kappa shape index (κ3) is 4.04. The Kier molecular flexibility index (Phi) is 5.50. The lowest BCUT2D eigenvalue weighted by Gasteiger charge is -2.16. The largest absolute Gasteiger partial charge is 0.497 e. The Labute approximate surface area is 179 Å². The van der Waals surface area contributed by atoms with Crippen LogP contribution in [0.25, 0.3) is 5.70 Å². The summed E-state index contributed by atoms with van der Waals surface area (Å²) < 4.78 is 5.41. The van der Waals surface area contributed by atoms with Crippen molar-refractivity contribution in [3.05, 3.63) is 94.3 Å². The smallest absolute Gasteiger partial charge is 0.250 e. The standard InChI is InChI=1S/C23H19ClN4O2/c1-30-17-7-4-14-5-8-20(15-3-2-10-26-13-15)27-23(18(14)12-17)28-21-9-6-16(24)11-19(21)22(25)29/h2-4,6-13H,5H2,1H3,(H2,25,29)(H,27,28). The number of amides is 1. The first-order chi connectivity index (χ1) is 14.5. The van der Waals surface area contributed by atoms with Gasteiger partial charge in [-0.25, -0.2) is 4.99 Å². The molecule has 0 unspecified atom stereocenters. The van der Waals surface area contributed by atoms with Gasteiger partial charge in [-0.2, -0.15) is 0 Å². The fraction of sp³-hybridized carbons (Fsp3) is 0.0870. The summed E-state index contributed by atoms with van der Waals surface area (Å²) in [5.41, 5.74) is 9.96. The monoisotopic (exact) mass is 418 g/mol. The molecule has 2 heterocycles. The number of carbonyl (C=O) groups excluding carboxylic acids is 1. The van der Waals surface area contributed by atoms with E-state index in [9.17, 15) is 4.79 Å². The molecule has 0 radical (unpaired) electrons. The number of aromatic nitrogens is 1. The highest BCUT2D eigenvalue weighted by molar-refractivity contribution is 6.31. The number of nitrogens with two attached hydrogens (primary N) is 1. The maximum Gasteiger partial charge on any atom is 0.250 e. The van der Waals surface area contributed by atoms with Crippen LogP contribution in [-0.2, 0) is 6.42 Å². The lowest BCUT2D eigenvalue weighted by Crippen LogP contribution is -2.20. The fourth-order valence-electron chi connectivity index (χ4n) is 3.26. The van der Waals surface area contributed by atoms with Gasteiger partial charge in [0.25, 0.3) is 5.91 Å². The van der Waals surface area contributed by atoms with Crippen molar-refractivity contribution in [1.29, 1.82) is 0 Å². The van der Waals surface area contributed by atoms with Crippen LogP contribution in [0.3, 0.4) is 0 Å². The molecule has 2 aromatic carbocycles. The number of nitrogens with one attached hydrogen (secondary N) is 1. The first kappa shape index (κ1) is 19.7. The van der Waals surface area contributed by atoms with Crippen LogP contribution in [0.4, 0.5) is 5.69 Å². The number of hydrogen-bond acceptors (Lipinski definition) is 5. The Balaban J connectivity index is 1.85. The van der Waals surface area contributed by atoms with E-state index in [-0.39, 0.29) is 5.56 Å². The summed E-state index contributed by atoms with van der Waals surface area (Å²) in [5.74, 6) is 0.698. The molecule has 0 spiro atoms. The van der Waals surface area contributed by atoms with Gasteiger partial charge >= 0.3 is 0 Å². The molecular weight excluding hydrogens is 400 g/mol.